The van der Waals surface area contributed by atoms with Crippen LogP contribution in [0.25, 0.3) is 32.7 Å². The maximum absolute atomic E-state index is 13.5. The lowest BCUT2D eigenvalue weighted by Gasteiger charge is -2.26. The van der Waals surface area contributed by atoms with Crippen LogP contribution < -0.4 is 30.8 Å². The summed E-state index contributed by atoms with van der Waals surface area (Å²) < 4.78 is 92.2. The van der Waals surface area contributed by atoms with Crippen molar-refractivity contribution in [3.05, 3.63) is 288 Å². The van der Waals surface area contributed by atoms with Crippen molar-refractivity contribution in [3.63, 3.8) is 0 Å². The van der Waals surface area contributed by atoms with E-state index in [1.165, 1.54) is 77.9 Å². The number of nitrogens with zero attached hydrogens (tertiary/aromatic N) is 2. The van der Waals surface area contributed by atoms with Gasteiger partial charge < -0.3 is 29.2 Å². The molecule has 0 aliphatic carbocycles. The number of nitrogens with one attached hydrogen (secondary N) is 6. The molecular formula is C75H86N8O13S3. The van der Waals surface area contributed by atoms with Gasteiger partial charge >= 0.3 is 0 Å². The van der Waals surface area contributed by atoms with Gasteiger partial charge in [-0.05, 0) is 169 Å². The molecule has 522 valence electrons. The zero-order valence-corrected chi connectivity index (χ0v) is 55.1. The summed E-state index contributed by atoms with van der Waals surface area (Å²) in [5.74, 6) is -0.398. The highest BCUT2D eigenvalue weighted by molar-refractivity contribution is 7.90. The van der Waals surface area contributed by atoms with Crippen molar-refractivity contribution >= 4 is 80.4 Å². The average Bonchev–Trinajstić information content (AvgIpc) is 0.929. The summed E-state index contributed by atoms with van der Waals surface area (Å²) in [6.07, 6.45) is 1.62. The van der Waals surface area contributed by atoms with Gasteiger partial charge in [-0.1, -0.05) is 138 Å². The van der Waals surface area contributed by atoms with Crippen molar-refractivity contribution < 1.29 is 44.1 Å². The Bertz CT molecular complexity index is 5100. The first-order chi connectivity index (χ1) is 45.3. The number of benzene rings is 7. The number of fused-ring (bicyclic) bond motifs is 3. The van der Waals surface area contributed by atoms with Crippen LogP contribution in [-0.4, -0.2) is 87.7 Å². The number of aryl methyl sites for hydroxylation is 3. The Morgan fingerprint density at radius 3 is 1.15 bits per heavy atom. The molecule has 0 aliphatic heterocycles. The van der Waals surface area contributed by atoms with Gasteiger partial charge in [-0.25, -0.2) is 25.3 Å². The van der Waals surface area contributed by atoms with Gasteiger partial charge in [-0.3, -0.25) is 28.8 Å². The van der Waals surface area contributed by atoms with Crippen LogP contribution in [0.15, 0.2) is 246 Å². The highest BCUT2D eigenvalue weighted by Crippen LogP contribution is 2.28. The maximum atomic E-state index is 13.5. The molecule has 24 heteroatoms. The first kappa shape index (κ1) is 79.5. The molecule has 0 aliphatic rings. The number of hydrogen-bond acceptors (Lipinski definition) is 13. The molecule has 3 unspecified atom stereocenters. The average molecular weight is 1400 g/mol. The van der Waals surface area contributed by atoms with Crippen LogP contribution in [0.1, 0.15) is 106 Å². The summed E-state index contributed by atoms with van der Waals surface area (Å²) in [4.78, 5) is 85.2. The van der Waals surface area contributed by atoms with Gasteiger partial charge in [0.15, 0.2) is 5.78 Å². The molecule has 3 atom stereocenters. The second-order valence-corrected chi connectivity index (χ2v) is 27.6. The van der Waals surface area contributed by atoms with Crippen LogP contribution in [0.5, 0.6) is 0 Å². The normalized spacial score (nSPS) is 12.1. The number of hydrogen-bond donors (Lipinski definition) is 6. The molecule has 0 radical (unpaired) electrons. The molecule has 0 saturated carbocycles. The molecule has 99 heavy (non-hydrogen) atoms. The standard InChI is InChI=1S/C27H26N2O4S.C23H21N3O5S.C21H23N3O4S.4CH4/c1-17-13-18(2)23(19(3)14-17)16-25(30)27(20-7-5-4-6-8-20)29-34(32,33)22-10-11-24-21(15-22)9-12-26(31)28-24;1-26(15-18-8-5-13-31-18)23(28)22(16-6-3-2-4-7-16)25-32(29,30)19-10-11-20-17(14-19)9-12-21(27)24-20;1-3-24(4-2)21(26)20(15-8-6-5-7-9-15)23-29(27,28)17-11-12-18-16(14-17)10-13-19(25)22-18;;;;/h4-15,27,29H,16H2,1-3H3,(H,28,31);2-14,22,25H,15H2,1H3,(H,24,27);5-14,20,23H,3-4H2,1-2H3,(H,22,25);4*1H4. The first-order valence-electron chi connectivity index (χ1n) is 30.1. The lowest BCUT2D eigenvalue weighted by Crippen LogP contribution is -2.42. The largest absolute Gasteiger partial charge is 0.467 e. The lowest BCUT2D eigenvalue weighted by molar-refractivity contribution is -0.133. The van der Waals surface area contributed by atoms with E-state index in [-0.39, 0.29) is 85.7 Å². The Morgan fingerprint density at radius 1 is 0.444 bits per heavy atom. The smallest absolute Gasteiger partial charge is 0.248 e. The minimum Gasteiger partial charge on any atom is -0.467 e. The van der Waals surface area contributed by atoms with E-state index >= 15 is 0 Å². The van der Waals surface area contributed by atoms with Crippen molar-refractivity contribution in [2.24, 2.45) is 0 Å². The second kappa shape index (κ2) is 34.8. The highest BCUT2D eigenvalue weighted by atomic mass is 32.2. The molecule has 2 amide bonds. The second-order valence-electron chi connectivity index (χ2n) is 22.4. The van der Waals surface area contributed by atoms with Crippen molar-refractivity contribution in [2.45, 2.75) is 110 Å². The molecule has 4 heterocycles. The number of amides is 2. The Morgan fingerprint density at radius 2 is 0.798 bits per heavy atom. The summed E-state index contributed by atoms with van der Waals surface area (Å²) in [5.41, 5.74) is 6.47. The van der Waals surface area contributed by atoms with Gasteiger partial charge in [0.25, 0.3) is 0 Å². The summed E-state index contributed by atoms with van der Waals surface area (Å²) in [7, 11) is -10.5. The third-order valence-corrected chi connectivity index (χ3v) is 19.9. The zero-order chi connectivity index (χ0) is 68.2. The summed E-state index contributed by atoms with van der Waals surface area (Å²) in [5, 5.41) is 1.72. The van der Waals surface area contributed by atoms with Crippen molar-refractivity contribution in [1.82, 2.24) is 38.9 Å². The number of rotatable bonds is 21. The number of H-pyrrole nitrogens is 3. The summed E-state index contributed by atoms with van der Waals surface area (Å²) in [6, 6.07) is 52.5. The number of furan rings is 1. The third kappa shape index (κ3) is 20.0. The topological polar surface area (TPSA) is 308 Å². The number of ketones is 1. The first-order valence-corrected chi connectivity index (χ1v) is 34.5. The van der Waals surface area contributed by atoms with Gasteiger partial charge in [-0.2, -0.15) is 14.2 Å². The quantitative estimate of drug-likeness (QED) is 0.0390. The minimum absolute atomic E-state index is 0. The lowest BCUT2D eigenvalue weighted by atomic mass is 9.92. The highest BCUT2D eigenvalue weighted by Gasteiger charge is 2.33. The molecule has 11 rings (SSSR count). The summed E-state index contributed by atoms with van der Waals surface area (Å²) in [6.45, 7) is 10.8. The van der Waals surface area contributed by atoms with Gasteiger partial charge in [0, 0.05) is 61.3 Å². The molecule has 7 aromatic carbocycles. The van der Waals surface area contributed by atoms with E-state index < -0.39 is 54.1 Å². The van der Waals surface area contributed by atoms with E-state index in [0.29, 0.717) is 68.2 Å². The number of carbonyl (C=O) groups excluding carboxylic acids is 3. The minimum atomic E-state index is -4.06. The van der Waals surface area contributed by atoms with Crippen molar-refractivity contribution in [3.8, 4) is 0 Å². The number of likely N-dealkylation sites (N-methyl/N-ethyl adjacent to an activating group) is 2. The predicted molar refractivity (Wildman–Crippen MR) is 392 cm³/mol. The molecular weight excluding hydrogens is 1320 g/mol. The fourth-order valence-electron chi connectivity index (χ4n) is 10.8. The van der Waals surface area contributed by atoms with Gasteiger partial charge in [0.05, 0.1) is 27.5 Å². The van der Waals surface area contributed by atoms with Crippen LogP contribution in [0.3, 0.4) is 0 Å². The molecule has 21 nitrogen and oxygen atoms in total. The number of pyridine rings is 3. The fraction of sp³-hybridized carbons (Fsp3) is 0.227. The van der Waals surface area contributed by atoms with Crippen molar-refractivity contribution in [2.75, 3.05) is 20.1 Å². The predicted octanol–water partition coefficient (Wildman–Crippen LogP) is 12.0. The van der Waals surface area contributed by atoms with Crippen LogP contribution >= 0.6 is 0 Å². The number of aromatic amines is 3. The van der Waals surface area contributed by atoms with E-state index in [4.69, 9.17) is 4.42 Å². The van der Waals surface area contributed by atoms with Gasteiger partial charge in [-0.15, -0.1) is 0 Å². The zero-order valence-electron chi connectivity index (χ0n) is 52.7. The maximum Gasteiger partial charge on any atom is 0.248 e. The Kier molecular flexibility index (Phi) is 28.0. The molecule has 11 aromatic rings. The van der Waals surface area contributed by atoms with E-state index in [0.717, 1.165) is 22.3 Å². The Hall–Kier alpha value is -10.2. The number of aromatic nitrogens is 3. The van der Waals surface area contributed by atoms with Crippen LogP contribution in [0, 0.1) is 20.8 Å². The monoisotopic (exact) mass is 1400 g/mol. The number of Topliss-reactive ketones (excluding diaryl/α,β-unsaturated/α-hetero) is 1. The van der Waals surface area contributed by atoms with E-state index in [1.807, 2.05) is 52.8 Å². The van der Waals surface area contributed by atoms with Gasteiger partial charge in [0.1, 0.15) is 23.9 Å². The Labute approximate surface area is 578 Å². The van der Waals surface area contributed by atoms with Crippen LogP contribution in [-0.2, 0) is 57.4 Å². The molecule has 0 spiro atoms. The number of carbonyl (C=O) groups is 3. The van der Waals surface area contributed by atoms with E-state index in [2.05, 4.69) is 29.1 Å². The summed E-state index contributed by atoms with van der Waals surface area (Å²) >= 11 is 0. The third-order valence-electron chi connectivity index (χ3n) is 15.7. The molecule has 0 fully saturated rings. The molecule has 6 N–H and O–H groups in total. The van der Waals surface area contributed by atoms with E-state index in [1.54, 1.807) is 133 Å². The molecule has 0 bridgehead atoms. The fourth-order valence-corrected chi connectivity index (χ4v) is 14.4. The number of sulfonamides is 3. The Balaban J connectivity index is 0.000000263. The molecule has 0 saturated heterocycles. The van der Waals surface area contributed by atoms with Crippen molar-refractivity contribution in [1.29, 1.82) is 0 Å². The van der Waals surface area contributed by atoms with Gasteiger partial charge in [0.2, 0.25) is 58.6 Å². The van der Waals surface area contributed by atoms with Crippen LogP contribution in [0.2, 0.25) is 0 Å². The van der Waals surface area contributed by atoms with Crippen LogP contribution in [0.4, 0.5) is 0 Å². The SMILES string of the molecule is C.C.C.C.CCN(CC)C(=O)C(NS(=O)(=O)c1ccc2[nH]c(=O)ccc2c1)c1ccccc1.CN(Cc1ccco1)C(=O)C(NS(=O)(=O)c1ccc2[nH]c(=O)ccc2c1)c1ccccc1.Cc1cc(C)c(CC(=O)C(NS(=O)(=O)c2ccc3[nH]c(=O)ccc3c2)c2ccccc2)c(C)c1. The molecule has 4 aromatic heterocycles. The van der Waals surface area contributed by atoms with E-state index in [9.17, 15) is 54.0 Å².